The third-order valence-electron chi connectivity index (χ3n) is 4.37. The molecule has 1 saturated heterocycles. The van der Waals surface area contributed by atoms with Crippen LogP contribution in [-0.4, -0.2) is 37.0 Å². The molecule has 0 saturated carbocycles. The zero-order chi connectivity index (χ0) is 15.8. The summed E-state index contributed by atoms with van der Waals surface area (Å²) in [4.78, 5) is 14.6. The number of hydrogen-bond donors (Lipinski definition) is 2. The molecule has 1 amide bonds. The predicted molar refractivity (Wildman–Crippen MR) is 90.6 cm³/mol. The fourth-order valence-electron chi connectivity index (χ4n) is 2.91. The van der Waals surface area contributed by atoms with Gasteiger partial charge in [0.05, 0.1) is 0 Å². The molecule has 22 heavy (non-hydrogen) atoms. The number of carbonyl (C=O) groups excluding carboxylic acids is 1. The van der Waals surface area contributed by atoms with E-state index in [1.165, 1.54) is 44.3 Å². The maximum atomic E-state index is 12.1. The van der Waals surface area contributed by atoms with E-state index in [9.17, 15) is 4.79 Å². The van der Waals surface area contributed by atoms with Crippen molar-refractivity contribution in [1.29, 1.82) is 0 Å². The first kappa shape index (κ1) is 17.0. The lowest BCUT2D eigenvalue weighted by Gasteiger charge is -2.20. The van der Waals surface area contributed by atoms with Crippen LogP contribution in [0.3, 0.4) is 0 Å². The van der Waals surface area contributed by atoms with E-state index in [1.54, 1.807) is 0 Å². The minimum Gasteiger partial charge on any atom is -0.354 e. The van der Waals surface area contributed by atoms with Gasteiger partial charge in [-0.25, -0.2) is 0 Å². The lowest BCUT2D eigenvalue weighted by molar-refractivity contribution is -0.122. The summed E-state index contributed by atoms with van der Waals surface area (Å²) in [5.74, 6) is -0.0836. The van der Waals surface area contributed by atoms with E-state index in [1.807, 2.05) is 31.2 Å². The molecule has 1 aromatic carbocycles. The van der Waals surface area contributed by atoms with E-state index >= 15 is 0 Å². The van der Waals surface area contributed by atoms with Crippen LogP contribution in [0.4, 0.5) is 0 Å². The second-order valence-corrected chi connectivity index (χ2v) is 6.29. The Labute approximate surface area is 134 Å². The quantitative estimate of drug-likeness (QED) is 0.793. The number of amides is 1. The SMILES string of the molecule is Cc1ccc(C(N)C(=O)NCCCN2CCCCCC2)cc1. The summed E-state index contributed by atoms with van der Waals surface area (Å²) in [5, 5.41) is 2.96. The van der Waals surface area contributed by atoms with Crippen LogP contribution in [0.15, 0.2) is 24.3 Å². The van der Waals surface area contributed by atoms with Gasteiger partial charge in [-0.2, -0.15) is 0 Å². The molecule has 1 unspecified atom stereocenters. The summed E-state index contributed by atoms with van der Waals surface area (Å²) >= 11 is 0. The first-order valence-electron chi connectivity index (χ1n) is 8.49. The topological polar surface area (TPSA) is 58.4 Å². The first-order valence-corrected chi connectivity index (χ1v) is 8.49. The number of aryl methyl sites for hydroxylation is 1. The molecule has 1 aliphatic rings. The highest BCUT2D eigenvalue weighted by Crippen LogP contribution is 2.12. The summed E-state index contributed by atoms with van der Waals surface area (Å²) in [6, 6.07) is 7.26. The summed E-state index contributed by atoms with van der Waals surface area (Å²) in [6.07, 6.45) is 6.33. The van der Waals surface area contributed by atoms with Crippen LogP contribution in [0.2, 0.25) is 0 Å². The van der Waals surface area contributed by atoms with Crippen LogP contribution in [0.1, 0.15) is 49.3 Å². The molecule has 0 radical (unpaired) electrons. The van der Waals surface area contributed by atoms with Gasteiger partial charge in [0.1, 0.15) is 6.04 Å². The second-order valence-electron chi connectivity index (χ2n) is 6.29. The van der Waals surface area contributed by atoms with Gasteiger partial charge in [0.2, 0.25) is 5.91 Å². The number of rotatable bonds is 6. The predicted octanol–water partition coefficient (Wildman–Crippen LogP) is 2.38. The Balaban J connectivity index is 1.67. The highest BCUT2D eigenvalue weighted by molar-refractivity contribution is 5.82. The minimum atomic E-state index is -0.571. The molecule has 1 aromatic rings. The van der Waals surface area contributed by atoms with Gasteiger partial charge in [0, 0.05) is 6.54 Å². The molecule has 1 heterocycles. The summed E-state index contributed by atoms with van der Waals surface area (Å²) in [7, 11) is 0. The van der Waals surface area contributed by atoms with Gasteiger partial charge in [-0.1, -0.05) is 42.7 Å². The first-order chi connectivity index (χ1) is 10.7. The Kier molecular flexibility index (Phi) is 6.87. The van der Waals surface area contributed by atoms with E-state index in [-0.39, 0.29) is 5.91 Å². The zero-order valence-electron chi connectivity index (χ0n) is 13.7. The number of carbonyl (C=O) groups is 1. The van der Waals surface area contributed by atoms with Gasteiger partial charge in [0.25, 0.3) is 0 Å². The second kappa shape index (κ2) is 8.91. The van der Waals surface area contributed by atoms with E-state index in [0.29, 0.717) is 6.54 Å². The Hall–Kier alpha value is -1.39. The van der Waals surface area contributed by atoms with Crippen molar-refractivity contribution in [3.63, 3.8) is 0 Å². The molecule has 4 nitrogen and oxygen atoms in total. The molecule has 1 fully saturated rings. The van der Waals surface area contributed by atoms with Crippen molar-refractivity contribution < 1.29 is 4.79 Å². The van der Waals surface area contributed by atoms with E-state index in [2.05, 4.69) is 10.2 Å². The molecule has 1 atom stereocenters. The van der Waals surface area contributed by atoms with E-state index < -0.39 is 6.04 Å². The van der Waals surface area contributed by atoms with E-state index in [4.69, 9.17) is 5.73 Å². The molecule has 1 aliphatic heterocycles. The lowest BCUT2D eigenvalue weighted by atomic mass is 10.1. The average molecular weight is 303 g/mol. The normalized spacial score (nSPS) is 17.7. The molecule has 0 aromatic heterocycles. The van der Waals surface area contributed by atoms with Crippen LogP contribution in [0.25, 0.3) is 0 Å². The fraction of sp³-hybridized carbons (Fsp3) is 0.611. The molecule has 0 bridgehead atoms. The number of benzene rings is 1. The van der Waals surface area contributed by atoms with Crippen LogP contribution in [0.5, 0.6) is 0 Å². The minimum absolute atomic E-state index is 0.0836. The maximum absolute atomic E-state index is 12.1. The van der Waals surface area contributed by atoms with Crippen molar-refractivity contribution in [3.05, 3.63) is 35.4 Å². The fourth-order valence-corrected chi connectivity index (χ4v) is 2.91. The van der Waals surface area contributed by atoms with Crippen molar-refractivity contribution in [1.82, 2.24) is 10.2 Å². The third kappa shape index (κ3) is 5.43. The molecule has 3 N–H and O–H groups in total. The van der Waals surface area contributed by atoms with Gasteiger partial charge in [-0.3, -0.25) is 4.79 Å². The van der Waals surface area contributed by atoms with Gasteiger partial charge in [0.15, 0.2) is 0 Å². The third-order valence-corrected chi connectivity index (χ3v) is 4.37. The molecule has 0 aliphatic carbocycles. The lowest BCUT2D eigenvalue weighted by Crippen LogP contribution is -2.36. The average Bonchev–Trinajstić information content (AvgIpc) is 2.80. The van der Waals surface area contributed by atoms with Crippen molar-refractivity contribution in [3.8, 4) is 0 Å². The summed E-state index contributed by atoms with van der Waals surface area (Å²) in [6.45, 7) is 6.21. The van der Waals surface area contributed by atoms with Gasteiger partial charge in [-0.15, -0.1) is 0 Å². The summed E-state index contributed by atoms with van der Waals surface area (Å²) < 4.78 is 0. The zero-order valence-corrected chi connectivity index (χ0v) is 13.7. The van der Waals surface area contributed by atoms with Gasteiger partial charge in [-0.05, 0) is 51.4 Å². The van der Waals surface area contributed by atoms with Crippen molar-refractivity contribution in [2.75, 3.05) is 26.2 Å². The Bertz CT molecular complexity index is 450. The number of likely N-dealkylation sites (tertiary alicyclic amines) is 1. The number of nitrogens with one attached hydrogen (secondary N) is 1. The number of nitrogens with zero attached hydrogens (tertiary/aromatic N) is 1. The maximum Gasteiger partial charge on any atom is 0.241 e. The van der Waals surface area contributed by atoms with Crippen LogP contribution in [0, 0.1) is 6.92 Å². The van der Waals surface area contributed by atoms with Crippen molar-refractivity contribution in [2.45, 2.75) is 45.1 Å². The smallest absolute Gasteiger partial charge is 0.241 e. The number of hydrogen-bond acceptors (Lipinski definition) is 3. The largest absolute Gasteiger partial charge is 0.354 e. The van der Waals surface area contributed by atoms with Crippen molar-refractivity contribution in [2.24, 2.45) is 5.73 Å². The van der Waals surface area contributed by atoms with Crippen LogP contribution in [-0.2, 0) is 4.79 Å². The van der Waals surface area contributed by atoms with E-state index in [0.717, 1.165) is 18.5 Å². The molecule has 0 spiro atoms. The van der Waals surface area contributed by atoms with Gasteiger partial charge < -0.3 is 16.0 Å². The van der Waals surface area contributed by atoms with Crippen molar-refractivity contribution >= 4 is 5.91 Å². The molecule has 122 valence electrons. The van der Waals surface area contributed by atoms with Crippen LogP contribution >= 0.6 is 0 Å². The summed E-state index contributed by atoms with van der Waals surface area (Å²) in [5.41, 5.74) is 8.06. The highest BCUT2D eigenvalue weighted by Gasteiger charge is 2.15. The molecular formula is C18H29N3O. The Morgan fingerprint density at radius 3 is 2.45 bits per heavy atom. The Morgan fingerprint density at radius 2 is 1.82 bits per heavy atom. The highest BCUT2D eigenvalue weighted by atomic mass is 16.2. The monoisotopic (exact) mass is 303 g/mol. The number of nitrogens with two attached hydrogens (primary N) is 1. The molecule has 2 rings (SSSR count). The Morgan fingerprint density at radius 1 is 1.18 bits per heavy atom. The van der Waals surface area contributed by atoms with Gasteiger partial charge >= 0.3 is 0 Å². The van der Waals surface area contributed by atoms with Crippen LogP contribution < -0.4 is 11.1 Å². The standard InChI is InChI=1S/C18H29N3O/c1-15-7-9-16(10-8-15)17(19)18(22)20-11-6-14-21-12-4-2-3-5-13-21/h7-10,17H,2-6,11-14,19H2,1H3,(H,20,22). The molecular weight excluding hydrogens is 274 g/mol. The molecule has 4 heteroatoms.